The summed E-state index contributed by atoms with van der Waals surface area (Å²) in [5.41, 5.74) is 0.900. The first-order chi connectivity index (χ1) is 9.13. The van der Waals surface area contributed by atoms with E-state index in [-0.39, 0.29) is 0 Å². The zero-order chi connectivity index (χ0) is 13.7. The van der Waals surface area contributed by atoms with Crippen LogP contribution >= 0.6 is 15.9 Å². The lowest BCUT2D eigenvalue weighted by Crippen LogP contribution is -2.22. The van der Waals surface area contributed by atoms with Crippen molar-refractivity contribution in [2.75, 3.05) is 0 Å². The van der Waals surface area contributed by atoms with E-state index in [1.165, 1.54) is 0 Å². The Hall–Kier alpha value is -1.46. The van der Waals surface area contributed by atoms with Crippen LogP contribution in [0.3, 0.4) is 0 Å². The highest BCUT2D eigenvalue weighted by molar-refractivity contribution is 9.10. The van der Waals surface area contributed by atoms with Gasteiger partial charge in [0.25, 0.3) is 0 Å². The van der Waals surface area contributed by atoms with Crippen molar-refractivity contribution in [1.29, 1.82) is 0 Å². The number of nitrogens with zero attached hydrogens (tertiary/aromatic N) is 2. The Kier molecular flexibility index (Phi) is 4.87. The Morgan fingerprint density at radius 3 is 2.42 bits per heavy atom. The molecule has 1 N–H and O–H groups in total. The molecule has 100 valence electrons. The van der Waals surface area contributed by atoms with Gasteiger partial charge in [-0.1, -0.05) is 29.8 Å². The fourth-order valence-corrected chi connectivity index (χ4v) is 1.69. The number of aromatic nitrogens is 2. The van der Waals surface area contributed by atoms with Gasteiger partial charge in [-0.2, -0.15) is 5.10 Å². The summed E-state index contributed by atoms with van der Waals surface area (Å²) < 4.78 is 6.61. The molecule has 4 nitrogen and oxygen atoms in total. The van der Waals surface area contributed by atoms with Crippen molar-refractivity contribution in [1.82, 2.24) is 15.5 Å². The Morgan fingerprint density at radius 2 is 1.84 bits per heavy atom. The molecule has 19 heavy (non-hydrogen) atoms. The number of ether oxygens (including phenoxy) is 1. The third-order valence-electron chi connectivity index (χ3n) is 2.42. The molecule has 0 bridgehead atoms. The van der Waals surface area contributed by atoms with Crippen molar-refractivity contribution in [2.45, 2.75) is 26.4 Å². The zero-order valence-corrected chi connectivity index (χ0v) is 12.5. The Labute approximate surface area is 121 Å². The second-order valence-corrected chi connectivity index (χ2v) is 5.37. The summed E-state index contributed by atoms with van der Waals surface area (Å²) in [6, 6.07) is 11.8. The van der Waals surface area contributed by atoms with Crippen LogP contribution in [-0.4, -0.2) is 16.2 Å². The van der Waals surface area contributed by atoms with Gasteiger partial charge in [0.1, 0.15) is 5.75 Å². The van der Waals surface area contributed by atoms with E-state index in [1.807, 2.05) is 36.4 Å². The zero-order valence-electron chi connectivity index (χ0n) is 10.9. The standard InChI is InChI=1S/C14H16BrN3O/c1-10(2)16-9-12-5-8-14(18-17-12)19-13-6-3-11(15)4-7-13/h3-8,10,16H,9H2,1-2H3. The van der Waals surface area contributed by atoms with Gasteiger partial charge in [0, 0.05) is 23.1 Å². The molecule has 0 saturated carbocycles. The predicted octanol–water partition coefficient (Wildman–Crippen LogP) is 3.53. The number of nitrogens with one attached hydrogen (secondary N) is 1. The van der Waals surface area contributed by atoms with Crippen LogP contribution in [0.1, 0.15) is 19.5 Å². The molecule has 0 aliphatic carbocycles. The molecule has 1 heterocycles. The lowest BCUT2D eigenvalue weighted by Gasteiger charge is -2.07. The fraction of sp³-hybridized carbons (Fsp3) is 0.286. The van der Waals surface area contributed by atoms with Crippen molar-refractivity contribution >= 4 is 15.9 Å². The van der Waals surface area contributed by atoms with Gasteiger partial charge < -0.3 is 10.1 Å². The lowest BCUT2D eigenvalue weighted by molar-refractivity contribution is 0.452. The highest BCUT2D eigenvalue weighted by Gasteiger charge is 2.01. The molecule has 2 aromatic rings. The van der Waals surface area contributed by atoms with Crippen LogP contribution in [0.5, 0.6) is 11.6 Å². The molecular weight excluding hydrogens is 306 g/mol. The van der Waals surface area contributed by atoms with Crippen molar-refractivity contribution in [3.05, 3.63) is 46.6 Å². The second kappa shape index (κ2) is 6.63. The van der Waals surface area contributed by atoms with Crippen LogP contribution < -0.4 is 10.1 Å². The highest BCUT2D eigenvalue weighted by atomic mass is 79.9. The largest absolute Gasteiger partial charge is 0.438 e. The number of benzene rings is 1. The van der Waals surface area contributed by atoms with Crippen molar-refractivity contribution in [2.24, 2.45) is 0 Å². The molecule has 2 rings (SSSR count). The average molecular weight is 322 g/mol. The summed E-state index contributed by atoms with van der Waals surface area (Å²) in [6.07, 6.45) is 0. The van der Waals surface area contributed by atoms with Gasteiger partial charge in [-0.3, -0.25) is 0 Å². The van der Waals surface area contributed by atoms with Gasteiger partial charge >= 0.3 is 0 Å². The topological polar surface area (TPSA) is 47.0 Å². The average Bonchev–Trinajstić information content (AvgIpc) is 2.40. The molecular formula is C14H16BrN3O. The van der Waals surface area contributed by atoms with Gasteiger partial charge in [-0.25, -0.2) is 0 Å². The molecule has 1 aromatic carbocycles. The molecule has 0 fully saturated rings. The quantitative estimate of drug-likeness (QED) is 0.915. The maximum absolute atomic E-state index is 5.60. The number of halogens is 1. The summed E-state index contributed by atoms with van der Waals surface area (Å²) in [5.74, 6) is 1.24. The summed E-state index contributed by atoms with van der Waals surface area (Å²) in [6.45, 7) is 4.90. The van der Waals surface area contributed by atoms with Crippen LogP contribution in [0.15, 0.2) is 40.9 Å². The van der Waals surface area contributed by atoms with Crippen LogP contribution in [-0.2, 0) is 6.54 Å². The van der Waals surface area contributed by atoms with E-state index in [4.69, 9.17) is 4.74 Å². The number of hydrogen-bond donors (Lipinski definition) is 1. The minimum Gasteiger partial charge on any atom is -0.438 e. The maximum Gasteiger partial charge on any atom is 0.238 e. The van der Waals surface area contributed by atoms with Crippen molar-refractivity contribution in [3.8, 4) is 11.6 Å². The molecule has 0 saturated heterocycles. The minimum atomic E-state index is 0.431. The van der Waals surface area contributed by atoms with E-state index in [1.54, 1.807) is 0 Å². The van der Waals surface area contributed by atoms with E-state index in [2.05, 4.69) is 45.3 Å². The second-order valence-electron chi connectivity index (χ2n) is 4.45. The molecule has 1 aromatic heterocycles. The lowest BCUT2D eigenvalue weighted by atomic mass is 10.3. The number of rotatable bonds is 5. The third kappa shape index (κ3) is 4.61. The van der Waals surface area contributed by atoms with Crippen molar-refractivity contribution < 1.29 is 4.74 Å². The van der Waals surface area contributed by atoms with Gasteiger partial charge in [0.15, 0.2) is 0 Å². The fourth-order valence-electron chi connectivity index (χ4n) is 1.43. The molecule has 0 spiro atoms. The van der Waals surface area contributed by atoms with E-state index in [9.17, 15) is 0 Å². The maximum atomic E-state index is 5.60. The summed E-state index contributed by atoms with van der Waals surface area (Å²) in [4.78, 5) is 0. The Morgan fingerprint density at radius 1 is 1.11 bits per heavy atom. The SMILES string of the molecule is CC(C)NCc1ccc(Oc2ccc(Br)cc2)nn1. The van der Waals surface area contributed by atoms with Crippen LogP contribution in [0.4, 0.5) is 0 Å². The minimum absolute atomic E-state index is 0.431. The summed E-state index contributed by atoms with van der Waals surface area (Å²) in [7, 11) is 0. The summed E-state index contributed by atoms with van der Waals surface area (Å²) in [5, 5.41) is 11.5. The molecule has 0 aliphatic heterocycles. The molecule has 0 unspecified atom stereocenters. The Balaban J connectivity index is 1.96. The first-order valence-corrected chi connectivity index (χ1v) is 6.92. The normalized spacial score (nSPS) is 10.7. The van der Waals surface area contributed by atoms with Crippen LogP contribution in [0.2, 0.25) is 0 Å². The van der Waals surface area contributed by atoms with Crippen LogP contribution in [0.25, 0.3) is 0 Å². The van der Waals surface area contributed by atoms with E-state index in [0.717, 1.165) is 15.9 Å². The van der Waals surface area contributed by atoms with E-state index >= 15 is 0 Å². The molecule has 0 aliphatic rings. The van der Waals surface area contributed by atoms with E-state index in [0.29, 0.717) is 18.5 Å². The molecule has 0 radical (unpaired) electrons. The van der Waals surface area contributed by atoms with Gasteiger partial charge in [-0.05, 0) is 30.3 Å². The molecule has 5 heteroatoms. The summed E-state index contributed by atoms with van der Waals surface area (Å²) >= 11 is 3.38. The van der Waals surface area contributed by atoms with Crippen molar-refractivity contribution in [3.63, 3.8) is 0 Å². The highest BCUT2D eigenvalue weighted by Crippen LogP contribution is 2.21. The smallest absolute Gasteiger partial charge is 0.238 e. The Bertz CT molecular complexity index is 511. The van der Waals surface area contributed by atoms with Gasteiger partial charge in [0.05, 0.1) is 5.69 Å². The van der Waals surface area contributed by atoms with Crippen LogP contribution in [0, 0.1) is 0 Å². The first kappa shape index (κ1) is 14.0. The van der Waals surface area contributed by atoms with Gasteiger partial charge in [0.2, 0.25) is 5.88 Å². The first-order valence-electron chi connectivity index (χ1n) is 6.13. The predicted molar refractivity (Wildman–Crippen MR) is 78.2 cm³/mol. The van der Waals surface area contributed by atoms with Gasteiger partial charge in [-0.15, -0.1) is 5.10 Å². The monoisotopic (exact) mass is 321 g/mol. The van der Waals surface area contributed by atoms with E-state index < -0.39 is 0 Å². The third-order valence-corrected chi connectivity index (χ3v) is 2.95. The molecule has 0 amide bonds. The molecule has 0 atom stereocenters. The number of hydrogen-bond acceptors (Lipinski definition) is 4.